The Labute approximate surface area is 216 Å². The Hall–Kier alpha value is -0.340. The molecule has 0 heterocycles. The van der Waals surface area contributed by atoms with Crippen LogP contribution in [0.5, 0.6) is 0 Å². The molecule has 0 aliphatic rings. The van der Waals surface area contributed by atoms with E-state index >= 15 is 0 Å². The van der Waals surface area contributed by atoms with Crippen LogP contribution in [0.1, 0.15) is 168 Å². The highest BCUT2D eigenvalue weighted by Crippen LogP contribution is 2.11. The van der Waals surface area contributed by atoms with Crippen LogP contribution >= 0.6 is 0 Å². The van der Waals surface area contributed by atoms with Gasteiger partial charge in [0.05, 0.1) is 13.2 Å². The molecule has 0 N–H and O–H groups in total. The van der Waals surface area contributed by atoms with E-state index in [0.717, 1.165) is 26.4 Å². The maximum atomic E-state index is 5.72. The Morgan fingerprint density at radius 2 is 0.618 bits per heavy atom. The van der Waals surface area contributed by atoms with Crippen LogP contribution in [0.15, 0.2) is 12.2 Å². The van der Waals surface area contributed by atoms with Gasteiger partial charge >= 0.3 is 0 Å². The second-order valence-corrected chi connectivity index (χ2v) is 10.3. The van der Waals surface area contributed by atoms with E-state index in [2.05, 4.69) is 26.0 Å². The summed E-state index contributed by atoms with van der Waals surface area (Å²) in [6.45, 7) is 7.92. The Morgan fingerprint density at radius 3 is 0.971 bits per heavy atom. The first-order valence-electron chi connectivity index (χ1n) is 15.7. The predicted molar refractivity (Wildman–Crippen MR) is 153 cm³/mol. The molecule has 0 radical (unpaired) electrons. The van der Waals surface area contributed by atoms with Gasteiger partial charge in [-0.1, -0.05) is 142 Å². The second kappa shape index (κ2) is 32.7. The molecule has 0 amide bonds. The van der Waals surface area contributed by atoms with Crippen molar-refractivity contribution in [2.75, 3.05) is 26.4 Å². The molecule has 0 unspecified atom stereocenters. The molecule has 2 nitrogen and oxygen atoms in total. The molecule has 204 valence electrons. The largest absolute Gasteiger partial charge is 0.379 e. The molecule has 34 heavy (non-hydrogen) atoms. The molecular weight excluding hydrogens is 416 g/mol. The third-order valence-electron chi connectivity index (χ3n) is 6.81. The summed E-state index contributed by atoms with van der Waals surface area (Å²) < 4.78 is 11.4. The van der Waals surface area contributed by atoms with E-state index < -0.39 is 0 Å². The van der Waals surface area contributed by atoms with Crippen LogP contribution in [-0.4, -0.2) is 26.4 Å². The summed E-state index contributed by atoms with van der Waals surface area (Å²) in [6, 6.07) is 0. The van der Waals surface area contributed by atoms with Crippen LogP contribution in [0.3, 0.4) is 0 Å². The first-order chi connectivity index (χ1) is 16.9. The third-order valence-corrected chi connectivity index (χ3v) is 6.81. The summed E-state index contributed by atoms with van der Waals surface area (Å²) in [4.78, 5) is 0. The first-order valence-corrected chi connectivity index (χ1v) is 15.7. The van der Waals surface area contributed by atoms with Gasteiger partial charge in [0, 0.05) is 13.2 Å². The summed E-state index contributed by atoms with van der Waals surface area (Å²) in [7, 11) is 0. The van der Waals surface area contributed by atoms with Gasteiger partial charge in [-0.15, -0.1) is 0 Å². The zero-order valence-corrected chi connectivity index (χ0v) is 23.8. The summed E-state index contributed by atoms with van der Waals surface area (Å²) in [5.41, 5.74) is 0. The number of unbranched alkanes of at least 4 members (excludes halogenated alkanes) is 21. The highest BCUT2D eigenvalue weighted by molar-refractivity contribution is 4.81. The number of allylic oxidation sites excluding steroid dienone is 2. The Kier molecular flexibility index (Phi) is 32.3. The van der Waals surface area contributed by atoms with Crippen LogP contribution in [0.4, 0.5) is 0 Å². The van der Waals surface area contributed by atoms with Crippen LogP contribution in [0.25, 0.3) is 0 Å². The zero-order valence-electron chi connectivity index (χ0n) is 23.8. The van der Waals surface area contributed by atoms with Gasteiger partial charge in [0.15, 0.2) is 0 Å². The van der Waals surface area contributed by atoms with E-state index in [4.69, 9.17) is 9.47 Å². The molecule has 0 aromatic rings. The van der Waals surface area contributed by atoms with E-state index in [1.54, 1.807) is 0 Å². The number of hydrogen-bond acceptors (Lipinski definition) is 2. The Bertz CT molecular complexity index is 366. The van der Waals surface area contributed by atoms with Gasteiger partial charge in [-0.05, 0) is 38.5 Å². The van der Waals surface area contributed by atoms with Crippen molar-refractivity contribution in [3.05, 3.63) is 12.2 Å². The van der Waals surface area contributed by atoms with Gasteiger partial charge in [0.25, 0.3) is 0 Å². The van der Waals surface area contributed by atoms with Crippen molar-refractivity contribution in [1.29, 1.82) is 0 Å². The number of rotatable bonds is 30. The monoisotopic (exact) mass is 480 g/mol. The average Bonchev–Trinajstić information content (AvgIpc) is 2.85. The first kappa shape index (κ1) is 33.7. The highest BCUT2D eigenvalue weighted by atomic mass is 16.5. The van der Waals surface area contributed by atoms with Gasteiger partial charge in [-0.2, -0.15) is 0 Å². The van der Waals surface area contributed by atoms with E-state index in [1.807, 2.05) is 0 Å². The van der Waals surface area contributed by atoms with Crippen molar-refractivity contribution >= 4 is 0 Å². The summed E-state index contributed by atoms with van der Waals surface area (Å²) in [5, 5.41) is 0. The van der Waals surface area contributed by atoms with Crippen LogP contribution in [0.2, 0.25) is 0 Å². The Balaban J connectivity index is 3.04. The van der Waals surface area contributed by atoms with Gasteiger partial charge in [-0.25, -0.2) is 0 Å². The van der Waals surface area contributed by atoms with Crippen molar-refractivity contribution in [2.45, 2.75) is 168 Å². The Morgan fingerprint density at radius 1 is 0.324 bits per heavy atom. The molecule has 0 aromatic heterocycles. The molecule has 0 aromatic carbocycles. The minimum atomic E-state index is 0.767. The van der Waals surface area contributed by atoms with Crippen LogP contribution < -0.4 is 0 Å². The maximum Gasteiger partial charge on any atom is 0.0700 e. The molecule has 0 rings (SSSR count). The molecule has 0 bridgehead atoms. The van der Waals surface area contributed by atoms with Crippen LogP contribution in [-0.2, 0) is 9.47 Å². The molecule has 0 spiro atoms. The molecule has 0 saturated heterocycles. The molecular formula is C32H64O2. The van der Waals surface area contributed by atoms with Gasteiger partial charge < -0.3 is 9.47 Å². The van der Waals surface area contributed by atoms with E-state index in [9.17, 15) is 0 Å². The van der Waals surface area contributed by atoms with Gasteiger partial charge in [0.1, 0.15) is 0 Å². The fourth-order valence-electron chi connectivity index (χ4n) is 4.47. The molecule has 0 fully saturated rings. The average molecular weight is 481 g/mol. The molecule has 0 atom stereocenters. The fraction of sp³-hybridized carbons (Fsp3) is 0.938. The van der Waals surface area contributed by atoms with E-state index in [-0.39, 0.29) is 0 Å². The van der Waals surface area contributed by atoms with Gasteiger partial charge in [-0.3, -0.25) is 0 Å². The number of hydrogen-bond donors (Lipinski definition) is 0. The summed E-state index contributed by atoms with van der Waals surface area (Å²) in [6.07, 6.45) is 37.6. The number of ether oxygens (including phenoxy) is 2. The minimum Gasteiger partial charge on any atom is -0.379 e. The van der Waals surface area contributed by atoms with Gasteiger partial charge in [0.2, 0.25) is 0 Å². The molecule has 0 aliphatic heterocycles. The molecule has 0 saturated carbocycles. The van der Waals surface area contributed by atoms with Crippen molar-refractivity contribution in [1.82, 2.24) is 0 Å². The lowest BCUT2D eigenvalue weighted by Gasteiger charge is -2.06. The second-order valence-electron chi connectivity index (χ2n) is 10.3. The highest BCUT2D eigenvalue weighted by Gasteiger charge is 1.95. The third kappa shape index (κ3) is 31.7. The summed E-state index contributed by atoms with van der Waals surface area (Å²) >= 11 is 0. The lowest BCUT2D eigenvalue weighted by molar-refractivity contribution is 0.0448. The van der Waals surface area contributed by atoms with Crippen molar-refractivity contribution in [3.8, 4) is 0 Å². The van der Waals surface area contributed by atoms with Crippen molar-refractivity contribution in [2.24, 2.45) is 0 Å². The lowest BCUT2D eigenvalue weighted by Crippen LogP contribution is -2.06. The van der Waals surface area contributed by atoms with Crippen molar-refractivity contribution < 1.29 is 9.47 Å². The zero-order chi connectivity index (χ0) is 24.6. The predicted octanol–water partition coefficient (Wildman–Crippen LogP) is 11.0. The summed E-state index contributed by atoms with van der Waals surface area (Å²) in [5.74, 6) is 0. The SMILES string of the molecule is CCCCCCCC/C=C\CCCCCCCCOCCOCCCCCCCCCCCC. The quantitative estimate of drug-likeness (QED) is 0.0751. The van der Waals surface area contributed by atoms with E-state index in [1.165, 1.54) is 154 Å². The maximum absolute atomic E-state index is 5.72. The molecule has 2 heteroatoms. The molecule has 0 aliphatic carbocycles. The fourth-order valence-corrected chi connectivity index (χ4v) is 4.47. The lowest BCUT2D eigenvalue weighted by atomic mass is 10.1. The smallest absolute Gasteiger partial charge is 0.0700 e. The normalized spacial score (nSPS) is 11.7. The van der Waals surface area contributed by atoms with E-state index in [0.29, 0.717) is 0 Å². The topological polar surface area (TPSA) is 18.5 Å². The van der Waals surface area contributed by atoms with Crippen molar-refractivity contribution in [3.63, 3.8) is 0 Å². The van der Waals surface area contributed by atoms with Crippen LogP contribution in [0, 0.1) is 0 Å². The standard InChI is InChI=1S/C32H64O2/c1-3-5-7-9-11-13-15-16-17-18-19-20-22-24-26-28-30-34-32-31-33-29-27-25-23-21-14-12-10-8-6-4-2/h16-17H,3-15,18-32H2,1-2H3/b17-16-. The minimum absolute atomic E-state index is 0.767.